The molecule has 0 bridgehead atoms. The number of nitrogens with one attached hydrogen (secondary N) is 2. The third-order valence-corrected chi connectivity index (χ3v) is 3.51. The maximum Gasteiger partial charge on any atom is 0.408 e. The monoisotopic (exact) mass is 315 g/mol. The fraction of sp³-hybridized carbons (Fsp3) is 0.867. The first kappa shape index (κ1) is 18.7. The number of rotatable bonds is 5. The van der Waals surface area contributed by atoms with E-state index in [-0.39, 0.29) is 5.91 Å². The lowest BCUT2D eigenvalue weighted by molar-refractivity contribution is -0.138. The van der Waals surface area contributed by atoms with Crippen LogP contribution in [0.2, 0.25) is 0 Å². The van der Waals surface area contributed by atoms with E-state index in [1.54, 1.807) is 39.8 Å². The number of alkyl carbamates (subject to hydrolysis) is 1. The van der Waals surface area contributed by atoms with Crippen molar-refractivity contribution in [3.8, 4) is 0 Å². The fourth-order valence-corrected chi connectivity index (χ4v) is 2.44. The summed E-state index contributed by atoms with van der Waals surface area (Å²) in [5.41, 5.74) is -1.55. The summed E-state index contributed by atoms with van der Waals surface area (Å²) >= 11 is 0. The van der Waals surface area contributed by atoms with Gasteiger partial charge in [0.2, 0.25) is 5.91 Å². The van der Waals surface area contributed by atoms with Crippen molar-refractivity contribution >= 4 is 12.0 Å². The molecule has 0 aliphatic carbocycles. The van der Waals surface area contributed by atoms with Crippen molar-refractivity contribution in [3.63, 3.8) is 0 Å². The Balaban J connectivity index is 2.81. The zero-order chi connectivity index (χ0) is 16.8. The quantitative estimate of drug-likeness (QED) is 0.782. The van der Waals surface area contributed by atoms with Gasteiger partial charge in [-0.25, -0.2) is 4.79 Å². The van der Waals surface area contributed by atoms with Crippen LogP contribution in [-0.2, 0) is 14.3 Å². The van der Waals surface area contributed by atoms with E-state index >= 15 is 0 Å². The molecular formula is C15H29N3O4. The summed E-state index contributed by atoms with van der Waals surface area (Å²) in [5, 5.41) is 5.98. The van der Waals surface area contributed by atoms with Gasteiger partial charge < -0.3 is 25.0 Å². The molecule has 1 rings (SSSR count). The van der Waals surface area contributed by atoms with Crippen molar-refractivity contribution in [3.05, 3.63) is 0 Å². The normalized spacial score (nSPS) is 22.0. The van der Waals surface area contributed by atoms with E-state index in [4.69, 9.17) is 9.47 Å². The summed E-state index contributed by atoms with van der Waals surface area (Å²) in [7, 11) is 3.31. The molecule has 0 aromatic carbocycles. The van der Waals surface area contributed by atoms with E-state index in [2.05, 4.69) is 10.6 Å². The molecule has 2 amide bonds. The van der Waals surface area contributed by atoms with Gasteiger partial charge in [0.15, 0.2) is 0 Å². The molecule has 0 spiro atoms. The Bertz CT molecular complexity index is 387. The number of hydrogen-bond donors (Lipinski definition) is 2. The molecule has 0 aromatic heterocycles. The van der Waals surface area contributed by atoms with Crippen molar-refractivity contribution in [2.75, 3.05) is 40.4 Å². The van der Waals surface area contributed by atoms with Crippen LogP contribution in [0.15, 0.2) is 0 Å². The highest BCUT2D eigenvalue weighted by atomic mass is 16.6. The number of hydrogen-bond acceptors (Lipinski definition) is 5. The van der Waals surface area contributed by atoms with Crippen LogP contribution in [0.3, 0.4) is 0 Å². The topological polar surface area (TPSA) is 79.9 Å². The van der Waals surface area contributed by atoms with Crippen LogP contribution in [0.4, 0.5) is 4.79 Å². The van der Waals surface area contributed by atoms with Gasteiger partial charge in [-0.05, 0) is 40.2 Å². The number of ether oxygens (including phenoxy) is 2. The van der Waals surface area contributed by atoms with Gasteiger partial charge in [-0.1, -0.05) is 0 Å². The van der Waals surface area contributed by atoms with Crippen molar-refractivity contribution in [2.45, 2.75) is 44.8 Å². The third kappa shape index (κ3) is 5.46. The SMILES string of the molecule is COCCN(C)C(=O)C1(NC(=O)OC(C)(C)C)CCCNC1. The summed E-state index contributed by atoms with van der Waals surface area (Å²) in [6.07, 6.45) is 0.847. The van der Waals surface area contributed by atoms with Crippen LogP contribution in [0.5, 0.6) is 0 Å². The lowest BCUT2D eigenvalue weighted by Crippen LogP contribution is -2.66. The molecule has 1 unspecified atom stereocenters. The second-order valence-electron chi connectivity index (χ2n) is 6.71. The first-order valence-corrected chi connectivity index (χ1v) is 7.66. The zero-order valence-corrected chi connectivity index (χ0v) is 14.3. The molecule has 1 aliphatic heterocycles. The lowest BCUT2D eigenvalue weighted by Gasteiger charge is -2.39. The molecule has 22 heavy (non-hydrogen) atoms. The minimum Gasteiger partial charge on any atom is -0.444 e. The zero-order valence-electron chi connectivity index (χ0n) is 14.3. The first-order chi connectivity index (χ1) is 10.2. The van der Waals surface area contributed by atoms with Crippen LogP contribution >= 0.6 is 0 Å². The predicted molar refractivity (Wildman–Crippen MR) is 83.7 cm³/mol. The first-order valence-electron chi connectivity index (χ1n) is 7.66. The Labute approximate surface area is 132 Å². The molecule has 7 heteroatoms. The molecule has 0 radical (unpaired) electrons. The van der Waals surface area contributed by atoms with Gasteiger partial charge in [-0.3, -0.25) is 4.79 Å². The molecule has 128 valence electrons. The minimum absolute atomic E-state index is 0.123. The van der Waals surface area contributed by atoms with Gasteiger partial charge >= 0.3 is 6.09 Å². The van der Waals surface area contributed by atoms with E-state index < -0.39 is 17.2 Å². The molecule has 1 aliphatic rings. The molecule has 7 nitrogen and oxygen atoms in total. The average molecular weight is 315 g/mol. The highest BCUT2D eigenvalue weighted by molar-refractivity contribution is 5.90. The van der Waals surface area contributed by atoms with Crippen LogP contribution in [0, 0.1) is 0 Å². The number of methoxy groups -OCH3 is 1. The number of nitrogens with zero attached hydrogens (tertiary/aromatic N) is 1. The van der Waals surface area contributed by atoms with Gasteiger partial charge in [-0.15, -0.1) is 0 Å². The summed E-state index contributed by atoms with van der Waals surface area (Å²) in [5.74, 6) is -0.123. The minimum atomic E-state index is -0.955. The molecule has 2 N–H and O–H groups in total. The largest absolute Gasteiger partial charge is 0.444 e. The summed E-state index contributed by atoms with van der Waals surface area (Å²) in [6.45, 7) is 7.57. The summed E-state index contributed by atoms with van der Waals surface area (Å²) < 4.78 is 10.3. The van der Waals surface area contributed by atoms with E-state index in [1.807, 2.05) is 0 Å². The molecule has 1 atom stereocenters. The van der Waals surface area contributed by atoms with Crippen molar-refractivity contribution in [1.29, 1.82) is 0 Å². The standard InChI is InChI=1S/C15H29N3O4/c1-14(2,3)22-13(20)17-15(7-6-8-16-11-15)12(19)18(4)9-10-21-5/h16H,6-11H2,1-5H3,(H,17,20). The lowest BCUT2D eigenvalue weighted by atomic mass is 9.88. The smallest absolute Gasteiger partial charge is 0.408 e. The van der Waals surface area contributed by atoms with E-state index in [1.165, 1.54) is 0 Å². The van der Waals surface area contributed by atoms with Crippen LogP contribution in [0.1, 0.15) is 33.6 Å². The number of carbonyl (C=O) groups is 2. The van der Waals surface area contributed by atoms with E-state index in [0.29, 0.717) is 26.1 Å². The molecule has 0 saturated carbocycles. The van der Waals surface area contributed by atoms with E-state index in [9.17, 15) is 9.59 Å². The van der Waals surface area contributed by atoms with Crippen LogP contribution < -0.4 is 10.6 Å². The van der Waals surface area contributed by atoms with Crippen molar-refractivity contribution in [1.82, 2.24) is 15.5 Å². The van der Waals surface area contributed by atoms with E-state index in [0.717, 1.165) is 13.0 Å². The number of piperidine rings is 1. The Hall–Kier alpha value is -1.34. The Morgan fingerprint density at radius 2 is 2.05 bits per heavy atom. The molecule has 1 saturated heterocycles. The Kier molecular flexibility index (Phi) is 6.62. The third-order valence-electron chi connectivity index (χ3n) is 3.51. The second-order valence-corrected chi connectivity index (χ2v) is 6.71. The summed E-state index contributed by atoms with van der Waals surface area (Å²) in [4.78, 5) is 26.5. The van der Waals surface area contributed by atoms with Gasteiger partial charge in [0.1, 0.15) is 11.1 Å². The average Bonchev–Trinajstić information content (AvgIpc) is 2.42. The summed E-state index contributed by atoms with van der Waals surface area (Å²) in [6, 6.07) is 0. The van der Waals surface area contributed by atoms with Crippen molar-refractivity contribution < 1.29 is 19.1 Å². The Morgan fingerprint density at radius 1 is 1.36 bits per heavy atom. The van der Waals surface area contributed by atoms with Crippen LogP contribution in [0.25, 0.3) is 0 Å². The fourth-order valence-electron chi connectivity index (χ4n) is 2.44. The molecule has 0 aromatic rings. The Morgan fingerprint density at radius 3 is 2.55 bits per heavy atom. The number of likely N-dealkylation sites (N-methyl/N-ethyl adjacent to an activating group) is 1. The maximum absolute atomic E-state index is 12.8. The van der Waals surface area contributed by atoms with Crippen LogP contribution in [-0.4, -0.2) is 68.4 Å². The number of carbonyl (C=O) groups excluding carboxylic acids is 2. The highest BCUT2D eigenvalue weighted by Crippen LogP contribution is 2.20. The predicted octanol–water partition coefficient (Wildman–Crippen LogP) is 0.738. The second kappa shape index (κ2) is 7.78. The molecule has 1 heterocycles. The molecular weight excluding hydrogens is 286 g/mol. The maximum atomic E-state index is 12.8. The highest BCUT2D eigenvalue weighted by Gasteiger charge is 2.43. The van der Waals surface area contributed by atoms with Gasteiger partial charge in [0, 0.05) is 27.2 Å². The van der Waals surface area contributed by atoms with Gasteiger partial charge in [-0.2, -0.15) is 0 Å². The molecule has 1 fully saturated rings. The number of amides is 2. The van der Waals surface area contributed by atoms with Gasteiger partial charge in [0.05, 0.1) is 6.61 Å². The van der Waals surface area contributed by atoms with Crippen molar-refractivity contribution in [2.24, 2.45) is 0 Å². The van der Waals surface area contributed by atoms with Gasteiger partial charge in [0.25, 0.3) is 0 Å².